The number of rotatable bonds is 13. The monoisotopic (exact) mass is 523 g/mol. The SMILES string of the molecule is COc1cc(CN(CCO)C[C@H](O)CN2c3ccccc3Sc3ccccc32)ccc1OCCN(C)C. The molecule has 2 N–H and O–H groups in total. The van der Waals surface area contributed by atoms with Gasteiger partial charge in [0.05, 0.1) is 37.7 Å². The largest absolute Gasteiger partial charge is 0.493 e. The lowest BCUT2D eigenvalue weighted by Crippen LogP contribution is -2.40. The fourth-order valence-corrected chi connectivity index (χ4v) is 5.54. The summed E-state index contributed by atoms with van der Waals surface area (Å²) in [5.74, 6) is 1.39. The second kappa shape index (κ2) is 13.2. The molecule has 0 saturated carbocycles. The van der Waals surface area contributed by atoms with E-state index in [9.17, 15) is 10.2 Å². The van der Waals surface area contributed by atoms with E-state index in [0.29, 0.717) is 44.3 Å². The predicted molar refractivity (Wildman–Crippen MR) is 149 cm³/mol. The lowest BCUT2D eigenvalue weighted by Gasteiger charge is -2.35. The molecule has 0 amide bonds. The van der Waals surface area contributed by atoms with Gasteiger partial charge < -0.3 is 29.5 Å². The Bertz CT molecular complexity index is 1110. The molecule has 0 aromatic heterocycles. The maximum Gasteiger partial charge on any atom is 0.161 e. The summed E-state index contributed by atoms with van der Waals surface area (Å²) in [5.41, 5.74) is 3.24. The Kier molecular flexibility index (Phi) is 9.71. The number of methoxy groups -OCH3 is 1. The molecule has 0 bridgehead atoms. The van der Waals surface area contributed by atoms with Gasteiger partial charge in [-0.25, -0.2) is 0 Å². The summed E-state index contributed by atoms with van der Waals surface area (Å²) in [6.07, 6.45) is -0.619. The number of hydrogen-bond acceptors (Lipinski definition) is 8. The molecule has 0 radical (unpaired) electrons. The molecule has 0 fully saturated rings. The van der Waals surface area contributed by atoms with Crippen molar-refractivity contribution in [1.29, 1.82) is 0 Å². The third-order valence-corrected chi connectivity index (χ3v) is 7.37. The number of anilines is 2. The van der Waals surface area contributed by atoms with Crippen LogP contribution in [0.1, 0.15) is 5.56 Å². The van der Waals surface area contributed by atoms with Gasteiger partial charge >= 0.3 is 0 Å². The normalized spacial score (nSPS) is 13.4. The van der Waals surface area contributed by atoms with Crippen LogP contribution in [-0.2, 0) is 6.54 Å². The van der Waals surface area contributed by atoms with Crippen LogP contribution in [0.4, 0.5) is 11.4 Å². The van der Waals surface area contributed by atoms with Gasteiger partial charge in [0.1, 0.15) is 6.61 Å². The lowest BCUT2D eigenvalue weighted by atomic mass is 10.1. The standard InChI is InChI=1S/C29H37N3O4S/c1-30(2)15-17-36-26-13-12-22(18-27(26)35-3)19-31(14-16-33)20-23(34)21-32-24-8-4-6-10-28(24)37-29-11-7-5-9-25(29)32/h4-13,18,23,33-34H,14-17,19-21H2,1-3H3/t23-/m0/s1. The Balaban J connectivity index is 1.44. The molecule has 1 atom stereocenters. The number of aliphatic hydroxyl groups is 2. The van der Waals surface area contributed by atoms with E-state index in [4.69, 9.17) is 9.47 Å². The predicted octanol–water partition coefficient (Wildman–Crippen LogP) is 4.09. The number of likely N-dealkylation sites (N-methyl/N-ethyl adjacent to an activating group) is 1. The zero-order valence-electron chi connectivity index (χ0n) is 21.8. The smallest absolute Gasteiger partial charge is 0.161 e. The van der Waals surface area contributed by atoms with E-state index >= 15 is 0 Å². The molecule has 3 aromatic rings. The van der Waals surface area contributed by atoms with E-state index in [2.05, 4.69) is 39.0 Å². The second-order valence-corrected chi connectivity index (χ2v) is 10.5. The number of β-amino-alcohol motifs (C(OH)–C–C–N with tert-alkyl or cyclic N) is 1. The average Bonchev–Trinajstić information content (AvgIpc) is 2.89. The van der Waals surface area contributed by atoms with Crippen molar-refractivity contribution in [3.8, 4) is 11.5 Å². The average molecular weight is 524 g/mol. The van der Waals surface area contributed by atoms with Crippen LogP contribution < -0.4 is 14.4 Å². The first-order valence-corrected chi connectivity index (χ1v) is 13.4. The second-order valence-electron chi connectivity index (χ2n) is 9.40. The fraction of sp³-hybridized carbons (Fsp3) is 0.379. The van der Waals surface area contributed by atoms with Crippen molar-refractivity contribution >= 4 is 23.1 Å². The maximum absolute atomic E-state index is 11.2. The Morgan fingerprint density at radius 1 is 0.919 bits per heavy atom. The highest BCUT2D eigenvalue weighted by atomic mass is 32.2. The fourth-order valence-electron chi connectivity index (χ4n) is 4.45. The van der Waals surface area contributed by atoms with Crippen LogP contribution >= 0.6 is 11.8 Å². The van der Waals surface area contributed by atoms with Gasteiger partial charge in [0.15, 0.2) is 11.5 Å². The van der Waals surface area contributed by atoms with Crippen molar-refractivity contribution in [3.63, 3.8) is 0 Å². The minimum absolute atomic E-state index is 0.0155. The maximum atomic E-state index is 11.2. The van der Waals surface area contributed by atoms with Crippen LogP contribution in [0.5, 0.6) is 11.5 Å². The summed E-state index contributed by atoms with van der Waals surface area (Å²) in [7, 11) is 5.66. The molecule has 198 valence electrons. The zero-order chi connectivity index (χ0) is 26.2. The molecule has 7 nitrogen and oxygen atoms in total. The molecule has 4 rings (SSSR count). The summed E-state index contributed by atoms with van der Waals surface area (Å²) in [6, 6.07) is 22.5. The minimum Gasteiger partial charge on any atom is -0.493 e. The molecule has 1 heterocycles. The molecule has 8 heteroatoms. The molecule has 1 aliphatic heterocycles. The highest BCUT2D eigenvalue weighted by Crippen LogP contribution is 2.47. The van der Waals surface area contributed by atoms with Gasteiger partial charge in [-0.1, -0.05) is 42.1 Å². The molecular formula is C29H37N3O4S. The third-order valence-electron chi connectivity index (χ3n) is 6.24. The lowest BCUT2D eigenvalue weighted by molar-refractivity contribution is 0.100. The van der Waals surface area contributed by atoms with Gasteiger partial charge in [-0.2, -0.15) is 0 Å². The zero-order valence-corrected chi connectivity index (χ0v) is 22.7. The van der Waals surface area contributed by atoms with Crippen LogP contribution in [0.3, 0.4) is 0 Å². The number of fused-ring (bicyclic) bond motifs is 2. The van der Waals surface area contributed by atoms with Crippen molar-refractivity contribution in [3.05, 3.63) is 72.3 Å². The van der Waals surface area contributed by atoms with Gasteiger partial charge in [-0.3, -0.25) is 4.90 Å². The Hall–Kier alpha value is -2.75. The van der Waals surface area contributed by atoms with Crippen molar-refractivity contribution in [2.75, 3.05) is 65.5 Å². The van der Waals surface area contributed by atoms with E-state index in [1.165, 1.54) is 9.79 Å². The molecule has 0 unspecified atom stereocenters. The van der Waals surface area contributed by atoms with Crippen molar-refractivity contribution in [2.45, 2.75) is 22.4 Å². The minimum atomic E-state index is -0.619. The van der Waals surface area contributed by atoms with E-state index in [0.717, 1.165) is 23.5 Å². The number of para-hydroxylation sites is 2. The first kappa shape index (κ1) is 27.3. The highest BCUT2D eigenvalue weighted by Gasteiger charge is 2.25. The molecule has 37 heavy (non-hydrogen) atoms. The first-order valence-electron chi connectivity index (χ1n) is 12.6. The van der Waals surface area contributed by atoms with Gasteiger partial charge in [0.25, 0.3) is 0 Å². The summed E-state index contributed by atoms with van der Waals surface area (Å²) in [6.45, 7) is 3.33. The van der Waals surface area contributed by atoms with E-state index in [1.54, 1.807) is 18.9 Å². The van der Waals surface area contributed by atoms with Crippen LogP contribution in [0.2, 0.25) is 0 Å². The van der Waals surface area contributed by atoms with Gasteiger partial charge in [-0.15, -0.1) is 0 Å². The van der Waals surface area contributed by atoms with Crippen molar-refractivity contribution < 1.29 is 19.7 Å². The van der Waals surface area contributed by atoms with Crippen LogP contribution in [0, 0.1) is 0 Å². The third kappa shape index (κ3) is 7.18. The summed E-state index contributed by atoms with van der Waals surface area (Å²) in [4.78, 5) is 8.70. The van der Waals surface area contributed by atoms with Gasteiger partial charge in [0.2, 0.25) is 0 Å². The number of hydrogen-bond donors (Lipinski definition) is 2. The van der Waals surface area contributed by atoms with E-state index in [1.807, 2.05) is 56.6 Å². The van der Waals surface area contributed by atoms with Crippen LogP contribution in [0.15, 0.2) is 76.5 Å². The number of aliphatic hydroxyl groups excluding tert-OH is 2. The molecular weight excluding hydrogens is 486 g/mol. The van der Waals surface area contributed by atoms with Crippen molar-refractivity contribution in [1.82, 2.24) is 9.80 Å². The first-order chi connectivity index (χ1) is 18.0. The van der Waals surface area contributed by atoms with E-state index in [-0.39, 0.29) is 6.61 Å². The molecule has 0 aliphatic carbocycles. The summed E-state index contributed by atoms with van der Waals surface area (Å²) < 4.78 is 11.5. The van der Waals surface area contributed by atoms with Gasteiger partial charge in [-0.05, 0) is 56.1 Å². The Labute approximate surface area is 224 Å². The Morgan fingerprint density at radius 3 is 2.22 bits per heavy atom. The Morgan fingerprint density at radius 2 is 1.59 bits per heavy atom. The topological polar surface area (TPSA) is 68.6 Å². The highest BCUT2D eigenvalue weighted by molar-refractivity contribution is 7.99. The summed E-state index contributed by atoms with van der Waals surface area (Å²) in [5, 5.41) is 20.9. The van der Waals surface area contributed by atoms with Crippen LogP contribution in [-0.4, -0.2) is 86.7 Å². The molecule has 0 saturated heterocycles. The molecule has 3 aromatic carbocycles. The van der Waals surface area contributed by atoms with Crippen molar-refractivity contribution in [2.24, 2.45) is 0 Å². The van der Waals surface area contributed by atoms with Crippen LogP contribution in [0.25, 0.3) is 0 Å². The van der Waals surface area contributed by atoms with Gasteiger partial charge in [0, 0.05) is 36.0 Å². The van der Waals surface area contributed by atoms with E-state index < -0.39 is 6.10 Å². The number of nitrogens with zero attached hydrogens (tertiary/aromatic N) is 3. The summed E-state index contributed by atoms with van der Waals surface area (Å²) >= 11 is 1.76. The molecule has 1 aliphatic rings. The number of ether oxygens (including phenoxy) is 2. The molecule has 0 spiro atoms. The quantitative estimate of drug-likeness (QED) is 0.347. The number of benzene rings is 3.